The highest BCUT2D eigenvalue weighted by molar-refractivity contribution is 5.99. The van der Waals surface area contributed by atoms with Gasteiger partial charge in [0.15, 0.2) is 0 Å². The molecular formula is C28H33F2N3O2. The fourth-order valence-corrected chi connectivity index (χ4v) is 5.87. The van der Waals surface area contributed by atoms with Gasteiger partial charge in [0.1, 0.15) is 12.0 Å². The zero-order valence-electron chi connectivity index (χ0n) is 20.4. The lowest BCUT2D eigenvalue weighted by Gasteiger charge is -2.30. The zero-order chi connectivity index (χ0) is 24.7. The molecule has 35 heavy (non-hydrogen) atoms. The van der Waals surface area contributed by atoms with Gasteiger partial charge in [0.2, 0.25) is 0 Å². The first-order valence-electron chi connectivity index (χ1n) is 12.6. The van der Waals surface area contributed by atoms with Crippen molar-refractivity contribution in [2.45, 2.75) is 63.2 Å². The van der Waals surface area contributed by atoms with Crippen molar-refractivity contribution < 1.29 is 18.7 Å². The molecule has 7 heteroatoms. The molecule has 0 saturated heterocycles. The number of halogens is 2. The van der Waals surface area contributed by atoms with Crippen LogP contribution < -0.4 is 5.32 Å². The number of benzene rings is 2. The largest absolute Gasteiger partial charge is 0.478 e. The van der Waals surface area contributed by atoms with Crippen LogP contribution in [-0.2, 0) is 6.54 Å². The van der Waals surface area contributed by atoms with E-state index < -0.39 is 12.1 Å². The highest BCUT2D eigenvalue weighted by atomic mass is 19.1. The predicted octanol–water partition coefficient (Wildman–Crippen LogP) is 6.28. The van der Waals surface area contributed by atoms with Gasteiger partial charge in [-0.15, -0.1) is 0 Å². The third-order valence-corrected chi connectivity index (χ3v) is 7.63. The Kier molecular flexibility index (Phi) is 6.53. The Labute approximate surface area is 204 Å². The van der Waals surface area contributed by atoms with Gasteiger partial charge in [-0.1, -0.05) is 18.9 Å². The number of aryl methyl sites for hydroxylation is 1. The SMILES string of the molecule is CN(C)CCC1CCn2c(c(C3CCCC[C@@H]3F)c3ccc(C(=O)O)cc32)-c2ccc(F)cc2N1. The molecule has 0 spiro atoms. The first-order valence-corrected chi connectivity index (χ1v) is 12.6. The molecule has 3 aromatic rings. The number of rotatable bonds is 5. The van der Waals surface area contributed by atoms with Gasteiger partial charge in [0, 0.05) is 40.7 Å². The molecule has 5 nitrogen and oxygen atoms in total. The molecule has 0 bridgehead atoms. The summed E-state index contributed by atoms with van der Waals surface area (Å²) in [6.07, 6.45) is 3.86. The molecule has 2 aromatic carbocycles. The van der Waals surface area contributed by atoms with Crippen molar-refractivity contribution >= 4 is 22.6 Å². The molecule has 2 aliphatic rings. The molecular weight excluding hydrogens is 448 g/mol. The summed E-state index contributed by atoms with van der Waals surface area (Å²) >= 11 is 0. The second-order valence-electron chi connectivity index (χ2n) is 10.3. The Balaban J connectivity index is 1.75. The molecule has 0 amide bonds. The standard InChI is InChI=1S/C28H33F2N3O2/c1-32(2)13-11-19-12-14-33-25-15-17(28(34)35)7-9-22(25)26(20-5-3-4-6-23(20)30)27(33)21-10-8-18(29)16-24(21)31-19/h7-10,15-16,19-20,23,31H,3-6,11-14H2,1-2H3,(H,34,35)/t19?,20?,23-/m0/s1. The number of nitrogens with zero attached hydrogens (tertiary/aromatic N) is 2. The Bertz CT molecular complexity index is 1250. The lowest BCUT2D eigenvalue weighted by atomic mass is 9.80. The average molecular weight is 482 g/mol. The fraction of sp³-hybridized carbons (Fsp3) is 0.464. The van der Waals surface area contributed by atoms with Crippen molar-refractivity contribution in [3.8, 4) is 11.3 Å². The summed E-state index contributed by atoms with van der Waals surface area (Å²) in [5.74, 6) is -1.56. The van der Waals surface area contributed by atoms with E-state index in [1.54, 1.807) is 18.2 Å². The number of anilines is 1. The Morgan fingerprint density at radius 3 is 2.69 bits per heavy atom. The summed E-state index contributed by atoms with van der Waals surface area (Å²) in [6.45, 7) is 1.56. The molecule has 1 saturated carbocycles. The first kappa shape index (κ1) is 23.8. The molecule has 0 radical (unpaired) electrons. The van der Waals surface area contributed by atoms with Crippen LogP contribution in [0.1, 0.15) is 60.4 Å². The second-order valence-corrected chi connectivity index (χ2v) is 10.3. The number of hydrogen-bond donors (Lipinski definition) is 2. The van der Waals surface area contributed by atoms with Gasteiger partial charge in [-0.2, -0.15) is 0 Å². The van der Waals surface area contributed by atoms with E-state index in [-0.39, 0.29) is 23.3 Å². The van der Waals surface area contributed by atoms with Gasteiger partial charge in [0.05, 0.1) is 11.3 Å². The van der Waals surface area contributed by atoms with E-state index in [4.69, 9.17) is 0 Å². The highest BCUT2D eigenvalue weighted by Gasteiger charge is 2.34. The van der Waals surface area contributed by atoms with Gasteiger partial charge in [0.25, 0.3) is 0 Å². The lowest BCUT2D eigenvalue weighted by molar-refractivity contribution is 0.0697. The lowest BCUT2D eigenvalue weighted by Crippen LogP contribution is -2.29. The summed E-state index contributed by atoms with van der Waals surface area (Å²) in [7, 11) is 4.07. The number of alkyl halides is 1. The number of carbonyl (C=O) groups is 1. The number of aromatic nitrogens is 1. The van der Waals surface area contributed by atoms with Gasteiger partial charge in [-0.25, -0.2) is 13.6 Å². The normalized spacial score (nSPS) is 22.3. The zero-order valence-corrected chi connectivity index (χ0v) is 20.4. The van der Waals surface area contributed by atoms with Crippen molar-refractivity contribution in [2.75, 3.05) is 26.0 Å². The predicted molar refractivity (Wildman–Crippen MR) is 136 cm³/mol. The highest BCUT2D eigenvalue weighted by Crippen LogP contribution is 2.47. The van der Waals surface area contributed by atoms with E-state index in [2.05, 4.69) is 14.8 Å². The summed E-state index contributed by atoms with van der Waals surface area (Å²) in [6, 6.07) is 10.1. The van der Waals surface area contributed by atoms with Crippen LogP contribution in [0.4, 0.5) is 14.5 Å². The van der Waals surface area contributed by atoms with Gasteiger partial charge in [-0.3, -0.25) is 0 Å². The maximum Gasteiger partial charge on any atom is 0.335 e. The van der Waals surface area contributed by atoms with Crippen LogP contribution in [-0.4, -0.2) is 53.4 Å². The first-order chi connectivity index (χ1) is 16.8. The maximum absolute atomic E-state index is 15.4. The number of hydrogen-bond acceptors (Lipinski definition) is 3. The number of aromatic carboxylic acids is 1. The van der Waals surface area contributed by atoms with Crippen LogP contribution in [0.2, 0.25) is 0 Å². The molecule has 186 valence electrons. The van der Waals surface area contributed by atoms with E-state index in [0.29, 0.717) is 18.7 Å². The van der Waals surface area contributed by atoms with Crippen molar-refractivity contribution in [2.24, 2.45) is 0 Å². The van der Waals surface area contributed by atoms with E-state index in [9.17, 15) is 14.3 Å². The molecule has 3 atom stereocenters. The van der Waals surface area contributed by atoms with Gasteiger partial charge >= 0.3 is 5.97 Å². The smallest absolute Gasteiger partial charge is 0.335 e. The Morgan fingerprint density at radius 1 is 1.14 bits per heavy atom. The fourth-order valence-electron chi connectivity index (χ4n) is 5.87. The topological polar surface area (TPSA) is 57.5 Å². The van der Waals surface area contributed by atoms with Crippen LogP contribution in [0.5, 0.6) is 0 Å². The minimum atomic E-state index is -0.983. The Morgan fingerprint density at radius 2 is 1.94 bits per heavy atom. The summed E-state index contributed by atoms with van der Waals surface area (Å²) in [5.41, 5.74) is 4.42. The van der Waals surface area contributed by atoms with E-state index >= 15 is 4.39 Å². The molecule has 1 fully saturated rings. The van der Waals surface area contributed by atoms with Crippen molar-refractivity contribution in [1.82, 2.24) is 9.47 Å². The number of carboxylic acid groups (broad SMARTS) is 1. The molecule has 1 aromatic heterocycles. The van der Waals surface area contributed by atoms with Crippen LogP contribution in [0.25, 0.3) is 22.2 Å². The second kappa shape index (κ2) is 9.61. The third-order valence-electron chi connectivity index (χ3n) is 7.63. The average Bonchev–Trinajstić information content (AvgIpc) is 3.12. The number of fused-ring (bicyclic) bond motifs is 5. The molecule has 2 unspecified atom stereocenters. The van der Waals surface area contributed by atoms with Gasteiger partial charge < -0.3 is 19.9 Å². The minimum Gasteiger partial charge on any atom is -0.478 e. The van der Waals surface area contributed by atoms with E-state index in [0.717, 1.165) is 66.4 Å². The Hall–Kier alpha value is -2.93. The summed E-state index contributed by atoms with van der Waals surface area (Å²) in [5, 5.41) is 14.2. The maximum atomic E-state index is 15.4. The van der Waals surface area contributed by atoms with Crippen molar-refractivity contribution in [3.63, 3.8) is 0 Å². The molecule has 1 aliphatic heterocycles. The molecule has 2 heterocycles. The third kappa shape index (κ3) is 4.54. The van der Waals surface area contributed by atoms with Crippen LogP contribution in [0.3, 0.4) is 0 Å². The van der Waals surface area contributed by atoms with Gasteiger partial charge in [-0.05, 0) is 82.2 Å². The van der Waals surface area contributed by atoms with Crippen molar-refractivity contribution in [3.05, 3.63) is 53.3 Å². The minimum absolute atomic E-state index is 0.123. The summed E-state index contributed by atoms with van der Waals surface area (Å²) in [4.78, 5) is 13.9. The van der Waals surface area contributed by atoms with Crippen LogP contribution in [0, 0.1) is 5.82 Å². The van der Waals surface area contributed by atoms with Crippen LogP contribution >= 0.6 is 0 Å². The molecule has 1 aliphatic carbocycles. The quantitative estimate of drug-likeness (QED) is 0.451. The molecule has 2 N–H and O–H groups in total. The number of nitrogens with one attached hydrogen (secondary N) is 1. The van der Waals surface area contributed by atoms with E-state index in [1.165, 1.54) is 12.1 Å². The monoisotopic (exact) mass is 481 g/mol. The van der Waals surface area contributed by atoms with Crippen molar-refractivity contribution in [1.29, 1.82) is 0 Å². The van der Waals surface area contributed by atoms with E-state index in [1.807, 2.05) is 20.2 Å². The number of carboxylic acids is 1. The summed E-state index contributed by atoms with van der Waals surface area (Å²) < 4.78 is 32.0. The van der Waals surface area contributed by atoms with Crippen LogP contribution in [0.15, 0.2) is 36.4 Å². The molecule has 5 rings (SSSR count).